The molecule has 15 rings (SSSR count). The minimum absolute atomic E-state index is 0. The molecule has 5 nitrogen and oxygen atoms in total. The van der Waals surface area contributed by atoms with Crippen molar-refractivity contribution in [3.8, 4) is 39.1 Å². The number of nitrogens with one attached hydrogen (secondary N) is 1. The Labute approximate surface area is 553 Å². The van der Waals surface area contributed by atoms with Gasteiger partial charge in [0.25, 0.3) is 0 Å². The second-order valence-electron chi connectivity index (χ2n) is 20.7. The maximum Gasteiger partial charge on any atom is 0.187 e. The number of rotatable bonds is 10. The van der Waals surface area contributed by atoms with Crippen molar-refractivity contribution in [3.63, 3.8) is 0 Å². The molecular formula is C80H68AlCl2N5P2. The number of H-pyrrole nitrogens is 1. The summed E-state index contributed by atoms with van der Waals surface area (Å²) < 4.78 is 2.41. The Balaban J connectivity index is 0.000000189. The molecule has 0 atom stereocenters. The zero-order valence-corrected chi connectivity index (χ0v) is 52.2. The summed E-state index contributed by atoms with van der Waals surface area (Å²) in [5.74, 6) is 0. The highest BCUT2D eigenvalue weighted by molar-refractivity contribution is 7.80. The fourth-order valence-corrected chi connectivity index (χ4v) is 15.8. The third kappa shape index (κ3) is 15.1. The van der Waals surface area contributed by atoms with Gasteiger partial charge in [-0.15, -0.1) is 24.8 Å². The van der Waals surface area contributed by atoms with Crippen LogP contribution in [-0.4, -0.2) is 36.9 Å². The van der Waals surface area contributed by atoms with Gasteiger partial charge >= 0.3 is 0 Å². The number of nitrogens with zero attached hydrogens (tertiary/aromatic N) is 3. The number of hydrogen-bond acceptors (Lipinski definition) is 3. The van der Waals surface area contributed by atoms with Crippen LogP contribution in [0.3, 0.4) is 0 Å². The Bertz CT molecular complexity index is 4300. The molecule has 440 valence electrons. The molecular weight excluding hydrogens is 1190 g/mol. The highest BCUT2D eigenvalue weighted by Gasteiger charge is 2.26. The summed E-state index contributed by atoms with van der Waals surface area (Å²) >= 11 is 0. The van der Waals surface area contributed by atoms with E-state index >= 15 is 0 Å². The number of fused-ring (bicyclic) bond motifs is 8. The first-order valence-electron chi connectivity index (χ1n) is 29.0. The molecule has 5 heterocycles. The number of aromatic amines is 1. The van der Waals surface area contributed by atoms with E-state index in [4.69, 9.17) is 9.97 Å². The predicted octanol–water partition coefficient (Wildman–Crippen LogP) is 17.8. The summed E-state index contributed by atoms with van der Waals surface area (Å²) in [6.07, 6.45) is 8.44. The molecule has 0 saturated heterocycles. The predicted molar refractivity (Wildman–Crippen MR) is 400 cm³/mol. The molecule has 90 heavy (non-hydrogen) atoms. The maximum atomic E-state index is 5.29. The van der Waals surface area contributed by atoms with Crippen LogP contribution in [0, 0.1) is 0 Å². The number of hydrogen-bond donors (Lipinski definition) is 2. The summed E-state index contributed by atoms with van der Waals surface area (Å²) in [7, 11) is -0.892. The maximum absolute atomic E-state index is 5.29. The van der Waals surface area contributed by atoms with Gasteiger partial charge in [0.2, 0.25) is 0 Å². The molecule has 0 unspecified atom stereocenters. The van der Waals surface area contributed by atoms with E-state index in [1.54, 1.807) is 0 Å². The molecule has 4 N–H and O–H groups in total. The first-order chi connectivity index (χ1) is 42.7. The average molecular weight is 1260 g/mol. The zero-order valence-electron chi connectivity index (χ0n) is 48.8. The van der Waals surface area contributed by atoms with Gasteiger partial charge in [-0.3, -0.25) is 0 Å². The van der Waals surface area contributed by atoms with Crippen molar-refractivity contribution in [1.82, 2.24) is 25.7 Å². The summed E-state index contributed by atoms with van der Waals surface area (Å²) in [6.45, 7) is 0. The topological polar surface area (TPSA) is 81.5 Å². The molecule has 0 spiro atoms. The molecule has 13 aromatic rings. The number of halogens is 2. The minimum atomic E-state index is -0.446. The smallest absolute Gasteiger partial charge is 0.187 e. The SMILES string of the molecule is C1=Cc2cc3c(-c4ccccc4)c(-c4ccccc4)c(c(-c4ccccc4)c4nc(cc5ccc(cc1n2)[nH]5)C=C4)n3-c1ccccc1.Cl.Cl.N.[AlH3].c1ccc(P(c2ccccc2)c2ccccc2)cc1.c1ccc(P(c2ccccc2)c2ccccc2)cc1. The van der Waals surface area contributed by atoms with Crippen LogP contribution in [0.5, 0.6) is 0 Å². The van der Waals surface area contributed by atoms with Crippen LogP contribution in [0.25, 0.3) is 85.4 Å². The van der Waals surface area contributed by atoms with E-state index in [-0.39, 0.29) is 48.3 Å². The lowest BCUT2D eigenvalue weighted by atomic mass is 9.93. The van der Waals surface area contributed by atoms with Gasteiger partial charge in [-0.25, -0.2) is 9.97 Å². The highest BCUT2D eigenvalue weighted by atomic mass is 35.5. The van der Waals surface area contributed by atoms with Gasteiger partial charge in [0.05, 0.1) is 33.8 Å². The van der Waals surface area contributed by atoms with Crippen LogP contribution < -0.4 is 38.0 Å². The molecule has 0 aliphatic carbocycles. The molecule has 10 aromatic carbocycles. The summed E-state index contributed by atoms with van der Waals surface area (Å²) in [5.41, 5.74) is 15.4. The second-order valence-corrected chi connectivity index (χ2v) is 25.1. The molecule has 0 radical (unpaired) electrons. The Kier molecular flexibility index (Phi) is 23.0. The Hall–Kier alpha value is -9.27. The first-order valence-corrected chi connectivity index (χ1v) is 31.7. The van der Waals surface area contributed by atoms with Crippen molar-refractivity contribution in [1.29, 1.82) is 0 Å². The lowest BCUT2D eigenvalue weighted by Crippen LogP contribution is -2.20. The fourth-order valence-electron chi connectivity index (χ4n) is 11.2. The van der Waals surface area contributed by atoms with Crippen LogP contribution >= 0.6 is 40.7 Å². The van der Waals surface area contributed by atoms with E-state index in [1.165, 1.54) is 31.8 Å². The van der Waals surface area contributed by atoms with Crippen molar-refractivity contribution >= 4 is 136 Å². The Morgan fingerprint density at radius 2 is 0.578 bits per heavy atom. The minimum Gasteiger partial charge on any atom is -0.355 e. The highest BCUT2D eigenvalue weighted by Crippen LogP contribution is 2.47. The molecule has 0 fully saturated rings. The van der Waals surface area contributed by atoms with Gasteiger partial charge in [-0.05, 0) is 131 Å². The van der Waals surface area contributed by atoms with E-state index in [9.17, 15) is 0 Å². The van der Waals surface area contributed by atoms with E-state index < -0.39 is 15.8 Å². The summed E-state index contributed by atoms with van der Waals surface area (Å²) in [6, 6.07) is 118. The third-order valence-corrected chi connectivity index (χ3v) is 19.8. The van der Waals surface area contributed by atoms with Gasteiger partial charge < -0.3 is 15.7 Å². The first kappa shape index (κ1) is 65.2. The molecule has 0 amide bonds. The van der Waals surface area contributed by atoms with E-state index in [2.05, 4.69) is 368 Å². The lowest BCUT2D eigenvalue weighted by Gasteiger charge is -2.18. The molecule has 0 saturated carbocycles. The van der Waals surface area contributed by atoms with Crippen molar-refractivity contribution in [3.05, 3.63) is 356 Å². The number of benzene rings is 10. The van der Waals surface area contributed by atoms with Crippen molar-refractivity contribution in [2.75, 3.05) is 0 Å². The fraction of sp³-hybridized carbons (Fsp3) is 0. The van der Waals surface area contributed by atoms with E-state index in [0.29, 0.717) is 0 Å². The molecule has 2 aliphatic rings. The second kappa shape index (κ2) is 31.8. The number of aromatic nitrogens is 4. The van der Waals surface area contributed by atoms with Crippen molar-refractivity contribution in [2.24, 2.45) is 0 Å². The van der Waals surface area contributed by atoms with Gasteiger partial charge in [0.1, 0.15) is 0 Å². The zero-order chi connectivity index (χ0) is 57.7. The Morgan fingerprint density at radius 3 is 0.944 bits per heavy atom. The van der Waals surface area contributed by atoms with E-state index in [0.717, 1.165) is 83.9 Å². The van der Waals surface area contributed by atoms with Gasteiger partial charge in [0.15, 0.2) is 17.4 Å². The third-order valence-electron chi connectivity index (χ3n) is 15.0. The summed E-state index contributed by atoms with van der Waals surface area (Å²) in [4.78, 5) is 13.9. The largest absolute Gasteiger partial charge is 0.355 e. The van der Waals surface area contributed by atoms with Crippen molar-refractivity contribution in [2.45, 2.75) is 0 Å². The van der Waals surface area contributed by atoms with Crippen molar-refractivity contribution < 1.29 is 0 Å². The van der Waals surface area contributed by atoms with Crippen LogP contribution in [0.15, 0.2) is 334 Å². The van der Waals surface area contributed by atoms with Crippen LogP contribution in [0.2, 0.25) is 0 Å². The molecule has 10 heteroatoms. The molecule has 2 aliphatic heterocycles. The monoisotopic (exact) mass is 1260 g/mol. The van der Waals surface area contributed by atoms with Crippen LogP contribution in [0.4, 0.5) is 0 Å². The normalized spacial score (nSPS) is 10.9. The lowest BCUT2D eigenvalue weighted by molar-refractivity contribution is 1.17. The molecule has 8 bridgehead atoms. The summed E-state index contributed by atoms with van der Waals surface area (Å²) in [5, 5.41) is 8.39. The standard InChI is InChI=1S/C44H30N4.2C18H15P.Al.2ClH.H3N.3H/c1-5-13-30(14-6-1)41-39-26-25-36(47-39)28-35-22-21-33(45-35)27-34-23-24-37(46-34)29-40-42(31-15-7-2-8-16-31)43(32-17-9-3-10-18-32)44(41)48(40)38-19-11-4-12-20-38;2*1-4-10-16(11-5-1)19(17-12-6-2-7-13-17)18-14-8-3-9-15-18;;;;;;;/h1-29,45H;2*1-15H;;2*1H;1H3;;;. The molecule has 3 aromatic heterocycles. The van der Waals surface area contributed by atoms with Crippen LogP contribution in [-0.2, 0) is 0 Å². The van der Waals surface area contributed by atoms with Crippen LogP contribution in [0.1, 0.15) is 22.8 Å². The van der Waals surface area contributed by atoms with Gasteiger partial charge in [-0.2, -0.15) is 0 Å². The van der Waals surface area contributed by atoms with Gasteiger partial charge in [-0.1, -0.05) is 291 Å². The van der Waals surface area contributed by atoms with Gasteiger partial charge in [0, 0.05) is 33.4 Å². The quantitative estimate of drug-likeness (QED) is 0.106. The average Bonchev–Trinajstić information content (AvgIpc) is 1.57. The van der Waals surface area contributed by atoms with E-state index in [1.807, 2.05) is 0 Å². The Morgan fingerprint density at radius 1 is 0.289 bits per heavy atom. The number of para-hydroxylation sites is 1.